The van der Waals surface area contributed by atoms with Crippen LogP contribution < -0.4 is 4.74 Å². The van der Waals surface area contributed by atoms with Crippen molar-refractivity contribution in [3.63, 3.8) is 0 Å². The molecule has 0 aliphatic rings. The second-order valence-corrected chi connectivity index (χ2v) is 4.01. The summed E-state index contributed by atoms with van der Waals surface area (Å²) < 4.78 is 14.7. The van der Waals surface area contributed by atoms with Gasteiger partial charge in [0.1, 0.15) is 12.4 Å². The first-order chi connectivity index (χ1) is 9.56. The maximum absolute atomic E-state index is 11.6. The van der Waals surface area contributed by atoms with E-state index >= 15 is 0 Å². The molecule has 1 rings (SSSR count). The van der Waals surface area contributed by atoms with E-state index in [1.54, 1.807) is 38.3 Å². The topological polar surface area (TPSA) is 61.8 Å². The SMILES string of the molecule is C=C(COC(=O)Cc1ccc(OC)cc1)C(=O)OCC. The van der Waals surface area contributed by atoms with Gasteiger partial charge < -0.3 is 14.2 Å². The minimum Gasteiger partial charge on any atom is -0.497 e. The number of benzene rings is 1. The molecule has 0 saturated carbocycles. The lowest BCUT2D eigenvalue weighted by Crippen LogP contribution is -2.15. The van der Waals surface area contributed by atoms with E-state index in [-0.39, 0.29) is 25.2 Å². The third-order valence-electron chi connectivity index (χ3n) is 2.48. The Morgan fingerprint density at radius 1 is 1.15 bits per heavy atom. The van der Waals surface area contributed by atoms with Gasteiger partial charge in [0, 0.05) is 0 Å². The highest BCUT2D eigenvalue weighted by Crippen LogP contribution is 2.12. The maximum Gasteiger partial charge on any atom is 0.336 e. The Balaban J connectivity index is 2.39. The molecular formula is C15H18O5. The summed E-state index contributed by atoms with van der Waals surface area (Å²) in [5, 5.41) is 0. The number of rotatable bonds is 7. The number of hydrogen-bond donors (Lipinski definition) is 0. The molecule has 1 aromatic carbocycles. The first-order valence-corrected chi connectivity index (χ1v) is 6.20. The molecule has 20 heavy (non-hydrogen) atoms. The highest BCUT2D eigenvalue weighted by molar-refractivity contribution is 5.88. The third-order valence-corrected chi connectivity index (χ3v) is 2.48. The van der Waals surface area contributed by atoms with Crippen molar-refractivity contribution in [2.75, 3.05) is 20.3 Å². The summed E-state index contributed by atoms with van der Waals surface area (Å²) in [7, 11) is 1.57. The molecule has 0 amide bonds. The normalized spacial score (nSPS) is 9.70. The quantitative estimate of drug-likeness (QED) is 0.563. The highest BCUT2D eigenvalue weighted by atomic mass is 16.5. The van der Waals surface area contributed by atoms with E-state index < -0.39 is 11.9 Å². The number of hydrogen-bond acceptors (Lipinski definition) is 5. The van der Waals surface area contributed by atoms with Crippen molar-refractivity contribution in [2.24, 2.45) is 0 Å². The van der Waals surface area contributed by atoms with Crippen LogP contribution in [0.1, 0.15) is 12.5 Å². The fourth-order valence-corrected chi connectivity index (χ4v) is 1.42. The first kappa shape index (κ1) is 15.8. The van der Waals surface area contributed by atoms with Crippen molar-refractivity contribution >= 4 is 11.9 Å². The van der Waals surface area contributed by atoms with E-state index in [4.69, 9.17) is 14.2 Å². The van der Waals surface area contributed by atoms with E-state index in [2.05, 4.69) is 6.58 Å². The maximum atomic E-state index is 11.6. The van der Waals surface area contributed by atoms with Crippen LogP contribution in [0.2, 0.25) is 0 Å². The molecule has 0 saturated heterocycles. The fourth-order valence-electron chi connectivity index (χ4n) is 1.42. The Hall–Kier alpha value is -2.30. The van der Waals surface area contributed by atoms with Crippen molar-refractivity contribution in [3.8, 4) is 5.75 Å². The minimum atomic E-state index is -0.551. The molecule has 1 aromatic rings. The van der Waals surface area contributed by atoms with Crippen LogP contribution in [-0.2, 0) is 25.5 Å². The van der Waals surface area contributed by atoms with Crippen LogP contribution in [0.15, 0.2) is 36.4 Å². The van der Waals surface area contributed by atoms with Crippen molar-refractivity contribution in [1.29, 1.82) is 0 Å². The predicted molar refractivity (Wildman–Crippen MR) is 73.4 cm³/mol. The Bertz CT molecular complexity index is 476. The van der Waals surface area contributed by atoms with E-state index in [0.717, 1.165) is 11.3 Å². The molecule has 0 aliphatic carbocycles. The van der Waals surface area contributed by atoms with Gasteiger partial charge in [0.05, 0.1) is 25.7 Å². The van der Waals surface area contributed by atoms with Gasteiger partial charge in [-0.3, -0.25) is 4.79 Å². The standard InChI is InChI=1S/C15H18O5/c1-4-19-15(17)11(2)10-20-14(16)9-12-5-7-13(18-3)8-6-12/h5-8H,2,4,9-10H2,1,3H3. The molecule has 0 radical (unpaired) electrons. The number of ether oxygens (including phenoxy) is 3. The molecule has 5 heteroatoms. The van der Waals surface area contributed by atoms with Crippen LogP contribution in [0, 0.1) is 0 Å². The van der Waals surface area contributed by atoms with Crippen molar-refractivity contribution < 1.29 is 23.8 Å². The summed E-state index contributed by atoms with van der Waals surface area (Å²) in [4.78, 5) is 22.9. The largest absolute Gasteiger partial charge is 0.497 e. The monoisotopic (exact) mass is 278 g/mol. The molecule has 108 valence electrons. The molecule has 0 heterocycles. The average molecular weight is 278 g/mol. The number of methoxy groups -OCH3 is 1. The van der Waals surface area contributed by atoms with Crippen LogP contribution in [0.3, 0.4) is 0 Å². The zero-order valence-electron chi connectivity index (χ0n) is 11.7. The van der Waals surface area contributed by atoms with E-state index in [9.17, 15) is 9.59 Å². The molecular weight excluding hydrogens is 260 g/mol. The summed E-state index contributed by atoms with van der Waals surface area (Å²) in [5.41, 5.74) is 0.924. The van der Waals surface area contributed by atoms with Crippen molar-refractivity contribution in [2.45, 2.75) is 13.3 Å². The van der Waals surface area contributed by atoms with Gasteiger partial charge in [0.2, 0.25) is 0 Å². The lowest BCUT2D eigenvalue weighted by molar-refractivity contribution is -0.144. The molecule has 0 spiro atoms. The average Bonchev–Trinajstić information content (AvgIpc) is 2.45. The minimum absolute atomic E-state index is 0.120. The summed E-state index contributed by atoms with van der Waals surface area (Å²) in [6.45, 7) is 5.30. The zero-order valence-corrected chi connectivity index (χ0v) is 11.7. The second-order valence-electron chi connectivity index (χ2n) is 4.01. The third kappa shape index (κ3) is 5.14. The van der Waals surface area contributed by atoms with E-state index in [1.165, 1.54) is 0 Å². The van der Waals surface area contributed by atoms with Gasteiger partial charge in [-0.1, -0.05) is 18.7 Å². The van der Waals surface area contributed by atoms with Gasteiger partial charge in [0.25, 0.3) is 0 Å². The van der Waals surface area contributed by atoms with Gasteiger partial charge in [0.15, 0.2) is 0 Å². The Morgan fingerprint density at radius 3 is 2.35 bits per heavy atom. The molecule has 0 aliphatic heterocycles. The highest BCUT2D eigenvalue weighted by Gasteiger charge is 2.11. The molecule has 0 atom stereocenters. The van der Waals surface area contributed by atoms with Crippen LogP contribution in [0.25, 0.3) is 0 Å². The van der Waals surface area contributed by atoms with Crippen LogP contribution >= 0.6 is 0 Å². The number of carbonyl (C=O) groups excluding carboxylic acids is 2. The van der Waals surface area contributed by atoms with E-state index in [1.807, 2.05) is 0 Å². The second kappa shape index (κ2) is 7.99. The van der Waals surface area contributed by atoms with Gasteiger partial charge in [-0.15, -0.1) is 0 Å². The Labute approximate surface area is 118 Å². The molecule has 0 fully saturated rings. The first-order valence-electron chi connectivity index (χ1n) is 6.20. The van der Waals surface area contributed by atoms with Crippen molar-refractivity contribution in [1.82, 2.24) is 0 Å². The Kier molecular flexibility index (Phi) is 6.29. The van der Waals surface area contributed by atoms with Crippen LogP contribution in [0.4, 0.5) is 0 Å². The summed E-state index contributed by atoms with van der Waals surface area (Å²) in [6, 6.07) is 7.08. The van der Waals surface area contributed by atoms with Gasteiger partial charge in [-0.25, -0.2) is 4.79 Å². The molecule has 0 unspecified atom stereocenters. The van der Waals surface area contributed by atoms with Crippen LogP contribution in [-0.4, -0.2) is 32.3 Å². The summed E-state index contributed by atoms with van der Waals surface area (Å²) in [6.07, 6.45) is 0.125. The van der Waals surface area contributed by atoms with Crippen molar-refractivity contribution in [3.05, 3.63) is 42.0 Å². The van der Waals surface area contributed by atoms with Gasteiger partial charge in [-0.2, -0.15) is 0 Å². The zero-order chi connectivity index (χ0) is 15.0. The predicted octanol–water partition coefficient (Wildman–Crippen LogP) is 1.90. The lowest BCUT2D eigenvalue weighted by atomic mass is 10.1. The molecule has 5 nitrogen and oxygen atoms in total. The van der Waals surface area contributed by atoms with Gasteiger partial charge in [-0.05, 0) is 24.6 Å². The molecule has 0 bridgehead atoms. The van der Waals surface area contributed by atoms with E-state index in [0.29, 0.717) is 0 Å². The summed E-state index contributed by atoms with van der Waals surface area (Å²) in [5.74, 6) is -0.261. The van der Waals surface area contributed by atoms with Crippen LogP contribution in [0.5, 0.6) is 5.75 Å². The lowest BCUT2D eigenvalue weighted by Gasteiger charge is -2.07. The molecule has 0 N–H and O–H groups in total. The number of esters is 2. The fraction of sp³-hybridized carbons (Fsp3) is 0.333. The molecule has 0 aromatic heterocycles. The number of carbonyl (C=O) groups is 2. The van der Waals surface area contributed by atoms with Gasteiger partial charge >= 0.3 is 11.9 Å². The summed E-state index contributed by atoms with van der Waals surface area (Å²) >= 11 is 0. The Morgan fingerprint density at radius 2 is 1.80 bits per heavy atom. The smallest absolute Gasteiger partial charge is 0.336 e.